The second-order valence-electron chi connectivity index (χ2n) is 6.45. The molecule has 0 spiro atoms. The third-order valence-electron chi connectivity index (χ3n) is 4.83. The minimum atomic E-state index is -0.0226. The minimum absolute atomic E-state index is 0.0226. The van der Waals surface area contributed by atoms with Crippen LogP contribution in [0.15, 0.2) is 60.0 Å². The van der Waals surface area contributed by atoms with Crippen LogP contribution in [0.5, 0.6) is 0 Å². The summed E-state index contributed by atoms with van der Waals surface area (Å²) in [5, 5.41) is 7.46. The van der Waals surface area contributed by atoms with Crippen molar-refractivity contribution in [3.63, 3.8) is 0 Å². The van der Waals surface area contributed by atoms with Crippen LogP contribution < -0.4 is 5.32 Å². The molecule has 1 aromatic heterocycles. The molecule has 0 aliphatic carbocycles. The van der Waals surface area contributed by atoms with E-state index in [-0.39, 0.29) is 11.9 Å². The first kappa shape index (κ1) is 17.2. The Kier molecular flexibility index (Phi) is 5.29. The van der Waals surface area contributed by atoms with E-state index in [1.54, 1.807) is 11.3 Å². The molecule has 0 unspecified atom stereocenters. The van der Waals surface area contributed by atoms with Gasteiger partial charge in [-0.15, -0.1) is 11.3 Å². The smallest absolute Gasteiger partial charge is 0.251 e. The van der Waals surface area contributed by atoms with E-state index < -0.39 is 0 Å². The van der Waals surface area contributed by atoms with Gasteiger partial charge in [-0.25, -0.2) is 0 Å². The van der Waals surface area contributed by atoms with E-state index in [0.29, 0.717) is 12.1 Å². The first-order chi connectivity index (χ1) is 12.8. The molecule has 1 amide bonds. The highest BCUT2D eigenvalue weighted by molar-refractivity contribution is 7.10. The van der Waals surface area contributed by atoms with Gasteiger partial charge in [0.05, 0.1) is 19.3 Å². The lowest BCUT2D eigenvalue weighted by Crippen LogP contribution is -2.43. The lowest BCUT2D eigenvalue weighted by atomic mass is 10.1. The summed E-state index contributed by atoms with van der Waals surface area (Å²) in [7, 11) is 0. The lowest BCUT2D eigenvalue weighted by molar-refractivity contribution is 0.0169. The third-order valence-corrected chi connectivity index (χ3v) is 5.80. The number of hydrogen-bond acceptors (Lipinski definition) is 4. The van der Waals surface area contributed by atoms with E-state index in [4.69, 9.17) is 4.74 Å². The number of carbonyl (C=O) groups excluding carboxylic acids is 1. The molecule has 2 aromatic carbocycles. The number of morpholine rings is 1. The zero-order valence-corrected chi connectivity index (χ0v) is 15.4. The number of thiophene rings is 1. The fourth-order valence-corrected chi connectivity index (χ4v) is 4.26. The molecule has 134 valence electrons. The van der Waals surface area contributed by atoms with Crippen molar-refractivity contribution < 1.29 is 9.53 Å². The highest BCUT2D eigenvalue weighted by Gasteiger charge is 2.24. The molecular formula is C21H22N2O2S. The van der Waals surface area contributed by atoms with Crippen LogP contribution in [-0.4, -0.2) is 43.7 Å². The van der Waals surface area contributed by atoms with Gasteiger partial charge in [0.2, 0.25) is 0 Å². The summed E-state index contributed by atoms with van der Waals surface area (Å²) in [6, 6.07) is 18.4. The molecule has 1 N–H and O–H groups in total. The van der Waals surface area contributed by atoms with Crippen LogP contribution in [0.2, 0.25) is 0 Å². The molecule has 4 rings (SSSR count). The Hall–Kier alpha value is -2.21. The molecule has 0 bridgehead atoms. The molecule has 3 aromatic rings. The van der Waals surface area contributed by atoms with Crippen LogP contribution in [-0.2, 0) is 4.74 Å². The monoisotopic (exact) mass is 366 g/mol. The first-order valence-electron chi connectivity index (χ1n) is 8.93. The average molecular weight is 366 g/mol. The number of amides is 1. The van der Waals surface area contributed by atoms with Crippen molar-refractivity contribution in [2.75, 3.05) is 32.8 Å². The zero-order chi connectivity index (χ0) is 17.8. The van der Waals surface area contributed by atoms with Crippen LogP contribution >= 0.6 is 11.3 Å². The first-order valence-corrected chi connectivity index (χ1v) is 9.81. The summed E-state index contributed by atoms with van der Waals surface area (Å²) in [5.41, 5.74) is 0.704. The van der Waals surface area contributed by atoms with Crippen molar-refractivity contribution in [2.45, 2.75) is 6.04 Å². The molecule has 2 heterocycles. The second kappa shape index (κ2) is 7.99. The Morgan fingerprint density at radius 1 is 1.08 bits per heavy atom. The van der Waals surface area contributed by atoms with Gasteiger partial charge in [0.15, 0.2) is 0 Å². The lowest BCUT2D eigenvalue weighted by Gasteiger charge is -2.34. The van der Waals surface area contributed by atoms with Crippen LogP contribution in [0.3, 0.4) is 0 Å². The van der Waals surface area contributed by atoms with Crippen LogP contribution in [0.1, 0.15) is 21.3 Å². The average Bonchev–Trinajstić information content (AvgIpc) is 3.23. The van der Waals surface area contributed by atoms with Gasteiger partial charge in [-0.3, -0.25) is 9.69 Å². The summed E-state index contributed by atoms with van der Waals surface area (Å²) >= 11 is 1.74. The topological polar surface area (TPSA) is 41.6 Å². The third kappa shape index (κ3) is 3.80. The summed E-state index contributed by atoms with van der Waals surface area (Å²) in [6.45, 7) is 3.90. The number of fused-ring (bicyclic) bond motifs is 1. The molecule has 0 saturated carbocycles. The van der Waals surface area contributed by atoms with Crippen molar-refractivity contribution in [3.8, 4) is 0 Å². The highest BCUT2D eigenvalue weighted by Crippen LogP contribution is 2.25. The van der Waals surface area contributed by atoms with E-state index in [9.17, 15) is 4.79 Å². The Balaban J connectivity index is 1.48. The molecule has 26 heavy (non-hydrogen) atoms. The number of nitrogens with one attached hydrogen (secondary N) is 1. The molecule has 5 heteroatoms. The van der Waals surface area contributed by atoms with E-state index in [2.05, 4.69) is 33.8 Å². The molecule has 0 radical (unpaired) electrons. The predicted molar refractivity (Wildman–Crippen MR) is 106 cm³/mol. The van der Waals surface area contributed by atoms with Gasteiger partial charge in [0.1, 0.15) is 0 Å². The maximum atomic E-state index is 12.7. The van der Waals surface area contributed by atoms with Crippen LogP contribution in [0.25, 0.3) is 10.8 Å². The van der Waals surface area contributed by atoms with Gasteiger partial charge < -0.3 is 10.1 Å². The predicted octanol–water partition coefficient (Wildman–Crippen LogP) is 3.70. The number of hydrogen-bond donors (Lipinski definition) is 1. The van der Waals surface area contributed by atoms with Crippen molar-refractivity contribution in [1.82, 2.24) is 10.2 Å². The SMILES string of the molecule is O=C(NC[C@H](c1cccs1)N1CCOCC1)c1ccc2ccccc2c1. The van der Waals surface area contributed by atoms with Crippen molar-refractivity contribution in [2.24, 2.45) is 0 Å². The number of nitrogens with zero attached hydrogens (tertiary/aromatic N) is 1. The van der Waals surface area contributed by atoms with Gasteiger partial charge in [-0.1, -0.05) is 36.4 Å². The molecule has 1 fully saturated rings. The Morgan fingerprint density at radius 2 is 1.88 bits per heavy atom. The van der Waals surface area contributed by atoms with E-state index in [1.165, 1.54) is 4.88 Å². The summed E-state index contributed by atoms with van der Waals surface area (Å²) in [4.78, 5) is 16.4. The van der Waals surface area contributed by atoms with Crippen molar-refractivity contribution in [1.29, 1.82) is 0 Å². The maximum absolute atomic E-state index is 12.7. The normalized spacial score (nSPS) is 16.5. The van der Waals surface area contributed by atoms with Gasteiger partial charge in [-0.2, -0.15) is 0 Å². The number of carbonyl (C=O) groups is 1. The molecular weight excluding hydrogens is 344 g/mol. The van der Waals surface area contributed by atoms with E-state index >= 15 is 0 Å². The highest BCUT2D eigenvalue weighted by atomic mass is 32.1. The van der Waals surface area contributed by atoms with Crippen molar-refractivity contribution >= 4 is 28.0 Å². The Bertz CT molecular complexity index is 873. The minimum Gasteiger partial charge on any atom is -0.379 e. The van der Waals surface area contributed by atoms with Gasteiger partial charge in [-0.05, 0) is 34.4 Å². The molecule has 1 aliphatic rings. The summed E-state index contributed by atoms with van der Waals surface area (Å²) in [5.74, 6) is -0.0226. The fourth-order valence-electron chi connectivity index (χ4n) is 3.40. The Labute approximate surface area is 157 Å². The largest absolute Gasteiger partial charge is 0.379 e. The standard InChI is InChI=1S/C21H22N2O2S/c24-21(18-8-7-16-4-1-2-5-17(16)14-18)22-15-19(20-6-3-13-26-20)23-9-11-25-12-10-23/h1-8,13-14,19H,9-12,15H2,(H,22,24)/t19-/m1/s1. The number of ether oxygens (including phenoxy) is 1. The molecule has 1 saturated heterocycles. The number of benzene rings is 2. The molecule has 1 atom stereocenters. The van der Waals surface area contributed by atoms with Gasteiger partial charge >= 0.3 is 0 Å². The van der Waals surface area contributed by atoms with Gasteiger partial charge in [0.25, 0.3) is 5.91 Å². The molecule has 1 aliphatic heterocycles. The summed E-state index contributed by atoms with van der Waals surface area (Å²) in [6.07, 6.45) is 0. The number of rotatable bonds is 5. The second-order valence-corrected chi connectivity index (χ2v) is 7.43. The fraction of sp³-hybridized carbons (Fsp3) is 0.286. The molecule has 4 nitrogen and oxygen atoms in total. The van der Waals surface area contributed by atoms with Crippen LogP contribution in [0, 0.1) is 0 Å². The van der Waals surface area contributed by atoms with Crippen LogP contribution in [0.4, 0.5) is 0 Å². The van der Waals surface area contributed by atoms with E-state index in [1.807, 2.05) is 36.4 Å². The Morgan fingerprint density at radius 3 is 2.65 bits per heavy atom. The maximum Gasteiger partial charge on any atom is 0.251 e. The van der Waals surface area contributed by atoms with Gasteiger partial charge in [0, 0.05) is 30.1 Å². The van der Waals surface area contributed by atoms with E-state index in [0.717, 1.165) is 37.1 Å². The quantitative estimate of drug-likeness (QED) is 0.749. The zero-order valence-electron chi connectivity index (χ0n) is 14.6. The summed E-state index contributed by atoms with van der Waals surface area (Å²) < 4.78 is 5.48. The van der Waals surface area contributed by atoms with Crippen molar-refractivity contribution in [3.05, 3.63) is 70.4 Å².